The van der Waals surface area contributed by atoms with E-state index in [-0.39, 0.29) is 11.5 Å². The summed E-state index contributed by atoms with van der Waals surface area (Å²) in [5, 5.41) is 11.3. The Hall–Kier alpha value is -2.47. The van der Waals surface area contributed by atoms with Gasteiger partial charge in [-0.3, -0.25) is 4.79 Å². The third kappa shape index (κ3) is 3.76. The number of rotatable bonds is 4. The lowest BCUT2D eigenvalue weighted by atomic mass is 10.3. The van der Waals surface area contributed by atoms with Crippen molar-refractivity contribution in [2.45, 2.75) is 6.92 Å². The first-order chi connectivity index (χ1) is 9.54. The monoisotopic (exact) mass is 288 g/mol. The molecule has 2 aromatic heterocycles. The van der Waals surface area contributed by atoms with Gasteiger partial charge in [0.05, 0.1) is 5.56 Å². The number of nitrogens with zero attached hydrogens (tertiary/aromatic N) is 1. The van der Waals surface area contributed by atoms with Gasteiger partial charge in [0.25, 0.3) is 0 Å². The minimum absolute atomic E-state index is 0.0765. The summed E-state index contributed by atoms with van der Waals surface area (Å²) in [7, 11) is 0. The second kappa shape index (κ2) is 6.12. The first-order valence-corrected chi connectivity index (χ1v) is 6.61. The van der Waals surface area contributed by atoms with Crippen LogP contribution >= 0.6 is 11.3 Å². The molecule has 5 nitrogen and oxygen atoms in total. The van der Waals surface area contributed by atoms with Crippen LogP contribution in [0, 0.1) is 6.92 Å². The number of carbonyl (C=O) groups excluding carboxylic acids is 1. The quantitative estimate of drug-likeness (QED) is 0.848. The zero-order valence-electron chi connectivity index (χ0n) is 10.7. The Morgan fingerprint density at radius 1 is 1.30 bits per heavy atom. The molecule has 0 saturated carbocycles. The Morgan fingerprint density at radius 3 is 2.65 bits per heavy atom. The molecule has 0 aliphatic carbocycles. The van der Waals surface area contributed by atoms with Crippen molar-refractivity contribution in [1.29, 1.82) is 0 Å². The van der Waals surface area contributed by atoms with Gasteiger partial charge in [0, 0.05) is 22.0 Å². The molecule has 2 heterocycles. The fourth-order valence-electron chi connectivity index (χ4n) is 1.46. The van der Waals surface area contributed by atoms with Crippen LogP contribution in [0.1, 0.15) is 20.1 Å². The van der Waals surface area contributed by atoms with Crippen molar-refractivity contribution in [3.63, 3.8) is 0 Å². The number of nitrogens with one attached hydrogen (secondary N) is 1. The molecule has 2 N–H and O–H groups in total. The molecule has 0 unspecified atom stereocenters. The summed E-state index contributed by atoms with van der Waals surface area (Å²) in [5.74, 6) is -1.05. The van der Waals surface area contributed by atoms with E-state index in [0.717, 1.165) is 4.88 Å². The summed E-state index contributed by atoms with van der Waals surface area (Å²) < 4.78 is 0. The lowest BCUT2D eigenvalue weighted by Crippen LogP contribution is -2.09. The van der Waals surface area contributed by atoms with Gasteiger partial charge in [-0.2, -0.15) is 0 Å². The maximum absolute atomic E-state index is 11.7. The minimum Gasteiger partial charge on any atom is -0.478 e. The van der Waals surface area contributed by atoms with Crippen LogP contribution in [0.15, 0.2) is 36.5 Å². The summed E-state index contributed by atoms with van der Waals surface area (Å²) in [6.45, 7) is 2.00. The Labute approximate surface area is 119 Å². The molecule has 0 saturated heterocycles. The summed E-state index contributed by atoms with van der Waals surface area (Å²) >= 11 is 1.59. The van der Waals surface area contributed by atoms with Gasteiger partial charge in [0.2, 0.25) is 5.91 Å². The number of anilines is 1. The summed E-state index contributed by atoms with van der Waals surface area (Å²) in [6.07, 6.45) is 4.33. The highest BCUT2D eigenvalue weighted by Gasteiger charge is 2.04. The average molecular weight is 288 g/mol. The lowest BCUT2D eigenvalue weighted by molar-refractivity contribution is -0.111. The molecule has 0 aromatic carbocycles. The van der Waals surface area contributed by atoms with E-state index >= 15 is 0 Å². The number of hydrogen-bond donors (Lipinski definition) is 2. The van der Waals surface area contributed by atoms with Crippen LogP contribution in [-0.4, -0.2) is 22.0 Å². The van der Waals surface area contributed by atoms with Crippen LogP contribution in [0.5, 0.6) is 0 Å². The van der Waals surface area contributed by atoms with E-state index in [1.165, 1.54) is 29.3 Å². The van der Waals surface area contributed by atoms with Crippen molar-refractivity contribution in [3.05, 3.63) is 51.9 Å². The van der Waals surface area contributed by atoms with Gasteiger partial charge in [0.15, 0.2) is 0 Å². The van der Waals surface area contributed by atoms with Crippen LogP contribution in [-0.2, 0) is 4.79 Å². The van der Waals surface area contributed by atoms with Crippen molar-refractivity contribution in [2.75, 3.05) is 5.32 Å². The zero-order valence-corrected chi connectivity index (χ0v) is 11.5. The molecule has 102 valence electrons. The molecule has 0 aliphatic heterocycles. The number of aromatic nitrogens is 1. The Balaban J connectivity index is 1.97. The van der Waals surface area contributed by atoms with Crippen molar-refractivity contribution in [2.24, 2.45) is 0 Å². The van der Waals surface area contributed by atoms with Crippen molar-refractivity contribution < 1.29 is 14.7 Å². The predicted octanol–water partition coefficient (Wildman–Crippen LogP) is 2.80. The highest BCUT2D eigenvalue weighted by molar-refractivity contribution is 7.12. The third-order valence-corrected chi connectivity index (χ3v) is 3.39. The topological polar surface area (TPSA) is 79.3 Å². The largest absolute Gasteiger partial charge is 0.478 e. The second-order valence-corrected chi connectivity index (χ2v) is 5.33. The van der Waals surface area contributed by atoms with E-state index in [1.54, 1.807) is 17.4 Å². The Bertz CT molecular complexity index is 659. The standard InChI is InChI=1S/C14H12N2O3S/c1-9-2-4-11(20-9)5-7-13(17)16-12-6-3-10(8-15-12)14(18)19/h2-8H,1H3,(H,18,19)(H,15,16,17)/b7-5+. The van der Waals surface area contributed by atoms with E-state index in [1.807, 2.05) is 19.1 Å². The summed E-state index contributed by atoms with van der Waals surface area (Å²) in [5.41, 5.74) is 0.0765. The molecular weight excluding hydrogens is 276 g/mol. The number of pyridine rings is 1. The Morgan fingerprint density at radius 2 is 2.10 bits per heavy atom. The highest BCUT2D eigenvalue weighted by Crippen LogP contribution is 2.16. The maximum Gasteiger partial charge on any atom is 0.337 e. The maximum atomic E-state index is 11.7. The molecular formula is C14H12N2O3S. The number of carboxylic acids is 1. The Kier molecular flexibility index (Phi) is 4.27. The van der Waals surface area contributed by atoms with Gasteiger partial charge in [0.1, 0.15) is 5.82 Å². The smallest absolute Gasteiger partial charge is 0.337 e. The van der Waals surface area contributed by atoms with Gasteiger partial charge in [-0.15, -0.1) is 11.3 Å². The summed E-state index contributed by atoms with van der Waals surface area (Å²) in [4.78, 5) is 28.3. The first-order valence-electron chi connectivity index (χ1n) is 5.79. The van der Waals surface area contributed by atoms with E-state index in [0.29, 0.717) is 5.82 Å². The van der Waals surface area contributed by atoms with Crippen LogP contribution in [0.2, 0.25) is 0 Å². The predicted molar refractivity (Wildman–Crippen MR) is 77.9 cm³/mol. The highest BCUT2D eigenvalue weighted by atomic mass is 32.1. The number of aryl methyl sites for hydroxylation is 1. The number of aromatic carboxylic acids is 1. The van der Waals surface area contributed by atoms with Gasteiger partial charge in [-0.05, 0) is 37.3 Å². The SMILES string of the molecule is Cc1ccc(/C=C/C(=O)Nc2ccc(C(=O)O)cn2)s1. The number of amides is 1. The van der Waals surface area contributed by atoms with Crippen LogP contribution in [0.4, 0.5) is 5.82 Å². The molecule has 1 amide bonds. The average Bonchev–Trinajstić information content (AvgIpc) is 2.83. The normalized spacial score (nSPS) is 10.7. The molecule has 0 fully saturated rings. The minimum atomic E-state index is -1.05. The van der Waals surface area contributed by atoms with Crippen molar-refractivity contribution in [1.82, 2.24) is 4.98 Å². The van der Waals surface area contributed by atoms with E-state index in [2.05, 4.69) is 10.3 Å². The van der Waals surface area contributed by atoms with Crippen LogP contribution in [0.25, 0.3) is 6.08 Å². The number of carboxylic acid groups (broad SMARTS) is 1. The molecule has 0 atom stereocenters. The number of thiophene rings is 1. The van der Waals surface area contributed by atoms with Crippen LogP contribution in [0.3, 0.4) is 0 Å². The molecule has 0 bridgehead atoms. The van der Waals surface area contributed by atoms with Gasteiger partial charge >= 0.3 is 5.97 Å². The number of carbonyl (C=O) groups is 2. The van der Waals surface area contributed by atoms with Crippen molar-refractivity contribution in [3.8, 4) is 0 Å². The fourth-order valence-corrected chi connectivity index (χ4v) is 2.24. The van der Waals surface area contributed by atoms with Gasteiger partial charge in [-0.25, -0.2) is 9.78 Å². The fraction of sp³-hybridized carbons (Fsp3) is 0.0714. The van der Waals surface area contributed by atoms with E-state index < -0.39 is 5.97 Å². The molecule has 0 radical (unpaired) electrons. The molecule has 6 heteroatoms. The second-order valence-electron chi connectivity index (χ2n) is 4.01. The molecule has 2 rings (SSSR count). The molecule has 2 aromatic rings. The lowest BCUT2D eigenvalue weighted by Gasteiger charge is -2.01. The van der Waals surface area contributed by atoms with Crippen LogP contribution < -0.4 is 5.32 Å². The summed E-state index contributed by atoms with van der Waals surface area (Å²) in [6, 6.07) is 6.75. The first kappa shape index (κ1) is 14.0. The van der Waals surface area contributed by atoms with E-state index in [9.17, 15) is 9.59 Å². The van der Waals surface area contributed by atoms with E-state index in [4.69, 9.17) is 5.11 Å². The third-order valence-electron chi connectivity index (χ3n) is 2.42. The van der Waals surface area contributed by atoms with Gasteiger partial charge < -0.3 is 10.4 Å². The number of hydrogen-bond acceptors (Lipinski definition) is 4. The van der Waals surface area contributed by atoms with Crippen molar-refractivity contribution >= 4 is 35.1 Å². The molecule has 0 aliphatic rings. The zero-order chi connectivity index (χ0) is 14.5. The van der Waals surface area contributed by atoms with Gasteiger partial charge in [-0.1, -0.05) is 0 Å². The molecule has 20 heavy (non-hydrogen) atoms. The molecule has 0 spiro atoms.